The smallest absolute Gasteiger partial charge is 0.189 e. The van der Waals surface area contributed by atoms with Crippen LogP contribution in [-0.2, 0) is 6.54 Å². The Morgan fingerprint density at radius 3 is 2.76 bits per heavy atom. The summed E-state index contributed by atoms with van der Waals surface area (Å²) in [7, 11) is 0. The van der Waals surface area contributed by atoms with Gasteiger partial charge in [-0.1, -0.05) is 18.2 Å². The standard InChI is InChI=1S/C17H16N2O2/c18-13-4-3-5-14(12-13)21-11-10-19-9-8-17(20)15-6-1-2-7-16(15)19/h1-9,12H,10-11,18H2. The second-order valence-electron chi connectivity index (χ2n) is 4.81. The van der Waals surface area contributed by atoms with E-state index in [-0.39, 0.29) is 5.43 Å². The van der Waals surface area contributed by atoms with E-state index in [4.69, 9.17) is 10.5 Å². The molecule has 0 unspecified atom stereocenters. The third kappa shape index (κ3) is 2.89. The molecule has 0 bridgehead atoms. The fraction of sp³-hybridized carbons (Fsp3) is 0.118. The quantitative estimate of drug-likeness (QED) is 0.747. The van der Waals surface area contributed by atoms with Crippen molar-refractivity contribution in [3.63, 3.8) is 0 Å². The summed E-state index contributed by atoms with van der Waals surface area (Å²) < 4.78 is 7.71. The summed E-state index contributed by atoms with van der Waals surface area (Å²) >= 11 is 0. The molecule has 2 N–H and O–H groups in total. The van der Waals surface area contributed by atoms with Crippen LogP contribution in [0.1, 0.15) is 0 Å². The van der Waals surface area contributed by atoms with Crippen LogP contribution >= 0.6 is 0 Å². The number of ether oxygens (including phenoxy) is 1. The Morgan fingerprint density at radius 2 is 1.90 bits per heavy atom. The molecule has 1 aromatic heterocycles. The van der Waals surface area contributed by atoms with Crippen LogP contribution in [0.3, 0.4) is 0 Å². The van der Waals surface area contributed by atoms with Crippen molar-refractivity contribution in [3.05, 3.63) is 71.0 Å². The number of aromatic nitrogens is 1. The monoisotopic (exact) mass is 280 g/mol. The molecule has 3 rings (SSSR count). The fourth-order valence-electron chi connectivity index (χ4n) is 2.32. The molecule has 106 valence electrons. The van der Waals surface area contributed by atoms with E-state index in [1.165, 1.54) is 0 Å². The highest BCUT2D eigenvalue weighted by atomic mass is 16.5. The number of nitrogens with zero attached hydrogens (tertiary/aromatic N) is 1. The molecule has 0 amide bonds. The van der Waals surface area contributed by atoms with E-state index >= 15 is 0 Å². The lowest BCUT2D eigenvalue weighted by Gasteiger charge is -2.12. The lowest BCUT2D eigenvalue weighted by atomic mass is 10.2. The minimum absolute atomic E-state index is 0.0404. The lowest BCUT2D eigenvalue weighted by molar-refractivity contribution is 0.300. The number of pyridine rings is 1. The third-order valence-electron chi connectivity index (χ3n) is 3.34. The van der Waals surface area contributed by atoms with Crippen LogP contribution < -0.4 is 15.9 Å². The Morgan fingerprint density at radius 1 is 1.05 bits per heavy atom. The van der Waals surface area contributed by atoms with Gasteiger partial charge in [0.15, 0.2) is 5.43 Å². The average Bonchev–Trinajstić information content (AvgIpc) is 2.50. The van der Waals surface area contributed by atoms with Crippen molar-refractivity contribution in [1.29, 1.82) is 0 Å². The average molecular weight is 280 g/mol. The first-order chi connectivity index (χ1) is 10.2. The van der Waals surface area contributed by atoms with E-state index in [0.29, 0.717) is 18.8 Å². The molecule has 1 heterocycles. The lowest BCUT2D eigenvalue weighted by Crippen LogP contribution is -2.12. The molecule has 0 spiro atoms. The molecule has 2 aromatic carbocycles. The summed E-state index contributed by atoms with van der Waals surface area (Å²) in [6.07, 6.45) is 1.80. The number of nitrogens with two attached hydrogens (primary N) is 1. The summed E-state index contributed by atoms with van der Waals surface area (Å²) in [6, 6.07) is 16.5. The molecule has 4 nitrogen and oxygen atoms in total. The summed E-state index contributed by atoms with van der Waals surface area (Å²) in [5, 5.41) is 0.726. The van der Waals surface area contributed by atoms with Crippen molar-refractivity contribution in [2.24, 2.45) is 0 Å². The SMILES string of the molecule is Nc1cccc(OCCn2ccc(=O)c3ccccc32)c1. The van der Waals surface area contributed by atoms with E-state index in [1.54, 1.807) is 18.3 Å². The van der Waals surface area contributed by atoms with Crippen LogP contribution in [0.2, 0.25) is 0 Å². The van der Waals surface area contributed by atoms with E-state index < -0.39 is 0 Å². The van der Waals surface area contributed by atoms with Gasteiger partial charge in [-0.15, -0.1) is 0 Å². The van der Waals surface area contributed by atoms with E-state index in [0.717, 1.165) is 16.7 Å². The van der Waals surface area contributed by atoms with Crippen molar-refractivity contribution in [2.75, 3.05) is 12.3 Å². The van der Waals surface area contributed by atoms with Crippen molar-refractivity contribution in [3.8, 4) is 5.75 Å². The van der Waals surface area contributed by atoms with Gasteiger partial charge in [0, 0.05) is 29.4 Å². The minimum Gasteiger partial charge on any atom is -0.492 e. The maximum atomic E-state index is 11.8. The molecule has 0 saturated heterocycles. The maximum absolute atomic E-state index is 11.8. The van der Waals surface area contributed by atoms with Crippen LogP contribution in [0.4, 0.5) is 5.69 Å². The first kappa shape index (κ1) is 13.2. The van der Waals surface area contributed by atoms with E-state index in [2.05, 4.69) is 0 Å². The summed E-state index contributed by atoms with van der Waals surface area (Å²) in [4.78, 5) is 11.8. The molecule has 0 fully saturated rings. The second kappa shape index (κ2) is 5.71. The largest absolute Gasteiger partial charge is 0.492 e. The Hall–Kier alpha value is -2.75. The van der Waals surface area contributed by atoms with Crippen LogP contribution in [0.25, 0.3) is 10.9 Å². The van der Waals surface area contributed by atoms with Crippen LogP contribution in [-0.4, -0.2) is 11.2 Å². The van der Waals surface area contributed by atoms with Gasteiger partial charge in [-0.05, 0) is 24.3 Å². The van der Waals surface area contributed by atoms with Gasteiger partial charge in [-0.3, -0.25) is 4.79 Å². The zero-order chi connectivity index (χ0) is 14.7. The Bertz CT molecular complexity index is 824. The molecular weight excluding hydrogens is 264 g/mol. The molecular formula is C17H16N2O2. The van der Waals surface area contributed by atoms with Gasteiger partial charge in [0.1, 0.15) is 12.4 Å². The van der Waals surface area contributed by atoms with Crippen molar-refractivity contribution in [2.45, 2.75) is 6.54 Å². The minimum atomic E-state index is 0.0404. The number of rotatable bonds is 4. The van der Waals surface area contributed by atoms with Crippen LogP contribution in [0.5, 0.6) is 5.75 Å². The van der Waals surface area contributed by atoms with Gasteiger partial charge in [-0.2, -0.15) is 0 Å². The summed E-state index contributed by atoms with van der Waals surface area (Å²) in [5.74, 6) is 0.750. The fourth-order valence-corrected chi connectivity index (χ4v) is 2.32. The zero-order valence-corrected chi connectivity index (χ0v) is 11.5. The maximum Gasteiger partial charge on any atom is 0.189 e. The molecule has 0 saturated carbocycles. The number of para-hydroxylation sites is 1. The highest BCUT2D eigenvalue weighted by Crippen LogP contribution is 2.15. The van der Waals surface area contributed by atoms with Crippen LogP contribution in [0.15, 0.2) is 65.6 Å². The second-order valence-corrected chi connectivity index (χ2v) is 4.81. The Kier molecular flexibility index (Phi) is 3.60. The first-order valence-corrected chi connectivity index (χ1v) is 6.80. The van der Waals surface area contributed by atoms with Gasteiger partial charge in [0.05, 0.1) is 12.1 Å². The predicted octanol–water partition coefficient (Wildman–Crippen LogP) is 2.66. The third-order valence-corrected chi connectivity index (χ3v) is 3.34. The van der Waals surface area contributed by atoms with Gasteiger partial charge in [0.2, 0.25) is 0 Å². The predicted molar refractivity (Wildman–Crippen MR) is 84.6 cm³/mol. The van der Waals surface area contributed by atoms with Crippen molar-refractivity contribution < 1.29 is 4.74 Å². The number of hydrogen-bond acceptors (Lipinski definition) is 3. The summed E-state index contributed by atoms with van der Waals surface area (Å²) in [5.41, 5.74) is 7.35. The first-order valence-electron chi connectivity index (χ1n) is 6.80. The molecule has 21 heavy (non-hydrogen) atoms. The highest BCUT2D eigenvalue weighted by Gasteiger charge is 2.02. The number of hydrogen-bond donors (Lipinski definition) is 1. The van der Waals surface area contributed by atoms with Gasteiger partial charge in [0.25, 0.3) is 0 Å². The molecule has 4 heteroatoms. The number of nitrogen functional groups attached to an aromatic ring is 1. The Balaban J connectivity index is 1.77. The zero-order valence-electron chi connectivity index (χ0n) is 11.5. The summed E-state index contributed by atoms with van der Waals surface area (Å²) in [6.45, 7) is 1.17. The number of anilines is 1. The normalized spacial score (nSPS) is 10.7. The molecule has 0 atom stereocenters. The molecule has 3 aromatic rings. The molecule has 0 aliphatic rings. The van der Waals surface area contributed by atoms with Gasteiger partial charge in [-0.25, -0.2) is 0 Å². The number of benzene rings is 2. The molecule has 0 aliphatic carbocycles. The van der Waals surface area contributed by atoms with Crippen molar-refractivity contribution in [1.82, 2.24) is 4.57 Å². The van der Waals surface area contributed by atoms with Crippen LogP contribution in [0, 0.1) is 0 Å². The van der Waals surface area contributed by atoms with Gasteiger partial charge >= 0.3 is 0 Å². The van der Waals surface area contributed by atoms with Gasteiger partial charge < -0.3 is 15.0 Å². The van der Waals surface area contributed by atoms with Crippen molar-refractivity contribution >= 4 is 16.6 Å². The topological polar surface area (TPSA) is 57.2 Å². The highest BCUT2D eigenvalue weighted by molar-refractivity contribution is 5.78. The Labute approximate surface area is 122 Å². The van der Waals surface area contributed by atoms with E-state index in [1.807, 2.05) is 47.0 Å². The van der Waals surface area contributed by atoms with E-state index in [9.17, 15) is 4.79 Å². The number of fused-ring (bicyclic) bond motifs is 1. The molecule has 0 radical (unpaired) electrons. The molecule has 0 aliphatic heterocycles.